The van der Waals surface area contributed by atoms with Crippen LogP contribution < -0.4 is 4.74 Å². The molecular formula is C26H42N4O2. The van der Waals surface area contributed by atoms with Crippen LogP contribution in [0.3, 0.4) is 0 Å². The maximum absolute atomic E-state index is 13.4. The van der Waals surface area contributed by atoms with Crippen molar-refractivity contribution in [3.8, 4) is 5.75 Å². The summed E-state index contributed by atoms with van der Waals surface area (Å²) < 4.78 is 7.70. The van der Waals surface area contributed by atoms with Crippen molar-refractivity contribution in [3.63, 3.8) is 0 Å². The molecule has 32 heavy (non-hydrogen) atoms. The Morgan fingerprint density at radius 1 is 1.16 bits per heavy atom. The zero-order valence-electron chi connectivity index (χ0n) is 21.5. The summed E-state index contributed by atoms with van der Waals surface area (Å²) in [4.78, 5) is 17.6. The highest BCUT2D eigenvalue weighted by atomic mass is 16.5. The molecule has 0 aliphatic carbocycles. The molecule has 1 heterocycles. The number of benzene rings is 1. The molecule has 0 N–H and O–H groups in total. The largest absolute Gasteiger partial charge is 0.494 e. The second-order valence-corrected chi connectivity index (χ2v) is 10.1. The smallest absolute Gasteiger partial charge is 0.227 e. The van der Waals surface area contributed by atoms with Gasteiger partial charge in [-0.1, -0.05) is 26.0 Å². The van der Waals surface area contributed by atoms with Crippen molar-refractivity contribution in [2.45, 2.75) is 66.5 Å². The van der Waals surface area contributed by atoms with Gasteiger partial charge in [-0.05, 0) is 71.8 Å². The third-order valence-corrected chi connectivity index (χ3v) is 6.39. The number of aromatic nitrogens is 2. The summed E-state index contributed by atoms with van der Waals surface area (Å²) >= 11 is 0. The molecule has 0 saturated heterocycles. The van der Waals surface area contributed by atoms with Gasteiger partial charge >= 0.3 is 0 Å². The van der Waals surface area contributed by atoms with Gasteiger partial charge in [0.25, 0.3) is 0 Å². The summed E-state index contributed by atoms with van der Waals surface area (Å²) in [6.07, 6.45) is 1.40. The Morgan fingerprint density at radius 3 is 2.28 bits per heavy atom. The van der Waals surface area contributed by atoms with Crippen LogP contribution in [0, 0.1) is 19.8 Å². The molecule has 0 unspecified atom stereocenters. The van der Waals surface area contributed by atoms with Crippen LogP contribution >= 0.6 is 0 Å². The van der Waals surface area contributed by atoms with E-state index in [1.807, 2.05) is 42.6 Å². The molecule has 0 bridgehead atoms. The summed E-state index contributed by atoms with van der Waals surface area (Å²) in [5.74, 6) is 1.62. The molecule has 0 spiro atoms. The van der Waals surface area contributed by atoms with E-state index in [4.69, 9.17) is 4.74 Å². The lowest BCUT2D eigenvalue weighted by molar-refractivity contribution is -0.132. The van der Waals surface area contributed by atoms with E-state index in [0.29, 0.717) is 25.4 Å². The zero-order chi connectivity index (χ0) is 24.1. The first-order chi connectivity index (χ1) is 14.9. The van der Waals surface area contributed by atoms with Gasteiger partial charge in [0.15, 0.2) is 0 Å². The van der Waals surface area contributed by atoms with Crippen LogP contribution in [0.4, 0.5) is 0 Å². The average Bonchev–Trinajstić information content (AvgIpc) is 2.94. The Hall–Kier alpha value is -2.34. The zero-order valence-corrected chi connectivity index (χ0v) is 21.5. The Labute approximate surface area is 194 Å². The molecule has 2 rings (SSSR count). The Bertz CT molecular complexity index is 882. The first-order valence-electron chi connectivity index (χ1n) is 11.6. The SMILES string of the molecule is Cc1nn(C)c(C)c1CC(=O)N(Cc1ccc(OCCC(C)C)cc1)CC(C)(C)N(C)C. The summed E-state index contributed by atoms with van der Waals surface area (Å²) in [7, 11) is 6.04. The molecular weight excluding hydrogens is 400 g/mol. The number of likely N-dealkylation sites (N-methyl/N-ethyl adjacent to an activating group) is 1. The number of hydrogen-bond acceptors (Lipinski definition) is 4. The van der Waals surface area contributed by atoms with Crippen molar-refractivity contribution >= 4 is 5.91 Å². The van der Waals surface area contributed by atoms with Gasteiger partial charge in [0.2, 0.25) is 5.91 Å². The van der Waals surface area contributed by atoms with E-state index in [2.05, 4.69) is 63.9 Å². The number of aryl methyl sites for hydroxylation is 2. The lowest BCUT2D eigenvalue weighted by Crippen LogP contribution is -2.50. The number of amides is 1. The summed E-state index contributed by atoms with van der Waals surface area (Å²) in [5.41, 5.74) is 3.95. The molecule has 0 aliphatic rings. The number of carbonyl (C=O) groups is 1. The van der Waals surface area contributed by atoms with Crippen molar-refractivity contribution in [3.05, 3.63) is 46.8 Å². The van der Waals surface area contributed by atoms with E-state index in [0.717, 1.165) is 41.3 Å². The van der Waals surface area contributed by atoms with Crippen LogP contribution in [0.15, 0.2) is 24.3 Å². The molecule has 2 aromatic rings. The molecule has 0 aliphatic heterocycles. The summed E-state index contributed by atoms with van der Waals surface area (Å²) in [6.45, 7) is 14.7. The van der Waals surface area contributed by atoms with E-state index in [1.165, 1.54) is 0 Å². The Kier molecular flexibility index (Phi) is 8.90. The fourth-order valence-corrected chi connectivity index (χ4v) is 3.50. The molecule has 0 atom stereocenters. The van der Waals surface area contributed by atoms with Crippen molar-refractivity contribution in [1.82, 2.24) is 19.6 Å². The molecule has 6 nitrogen and oxygen atoms in total. The number of carbonyl (C=O) groups excluding carboxylic acids is 1. The van der Waals surface area contributed by atoms with Gasteiger partial charge in [0.05, 0.1) is 18.7 Å². The van der Waals surface area contributed by atoms with Gasteiger partial charge in [-0.3, -0.25) is 9.48 Å². The standard InChI is InChI=1S/C26H42N4O2/c1-19(2)14-15-32-23-12-10-22(11-13-23)17-30(18-26(5,6)28(7)8)25(31)16-24-20(3)27-29(9)21(24)4/h10-13,19H,14-18H2,1-9H3. The van der Waals surface area contributed by atoms with Crippen LogP contribution in [0.2, 0.25) is 0 Å². The fourth-order valence-electron chi connectivity index (χ4n) is 3.50. The Morgan fingerprint density at radius 2 is 1.78 bits per heavy atom. The van der Waals surface area contributed by atoms with Crippen LogP contribution in [0.5, 0.6) is 5.75 Å². The third-order valence-electron chi connectivity index (χ3n) is 6.39. The molecule has 1 amide bonds. The highest BCUT2D eigenvalue weighted by Crippen LogP contribution is 2.20. The van der Waals surface area contributed by atoms with Crippen LogP contribution in [-0.4, -0.2) is 58.3 Å². The van der Waals surface area contributed by atoms with E-state index in [1.54, 1.807) is 0 Å². The molecule has 1 aromatic heterocycles. The fraction of sp³-hybridized carbons (Fsp3) is 0.615. The van der Waals surface area contributed by atoms with Crippen molar-refractivity contribution in [2.75, 3.05) is 27.2 Å². The van der Waals surface area contributed by atoms with Crippen molar-refractivity contribution in [2.24, 2.45) is 13.0 Å². The quantitative estimate of drug-likeness (QED) is 0.518. The molecule has 6 heteroatoms. The van der Waals surface area contributed by atoms with Crippen LogP contribution in [0.25, 0.3) is 0 Å². The van der Waals surface area contributed by atoms with Crippen LogP contribution in [0.1, 0.15) is 56.6 Å². The molecule has 0 radical (unpaired) electrons. The van der Waals surface area contributed by atoms with Gasteiger partial charge in [-0.15, -0.1) is 0 Å². The number of hydrogen-bond donors (Lipinski definition) is 0. The third kappa shape index (κ3) is 7.09. The van der Waals surface area contributed by atoms with Gasteiger partial charge in [-0.2, -0.15) is 5.10 Å². The van der Waals surface area contributed by atoms with Crippen molar-refractivity contribution < 1.29 is 9.53 Å². The minimum Gasteiger partial charge on any atom is -0.494 e. The Balaban J connectivity index is 2.17. The van der Waals surface area contributed by atoms with Gasteiger partial charge in [0, 0.05) is 36.9 Å². The highest BCUT2D eigenvalue weighted by molar-refractivity contribution is 5.79. The second-order valence-electron chi connectivity index (χ2n) is 10.1. The minimum absolute atomic E-state index is 0.122. The summed E-state index contributed by atoms with van der Waals surface area (Å²) in [6, 6.07) is 8.14. The first-order valence-corrected chi connectivity index (χ1v) is 11.6. The predicted octanol–water partition coefficient (Wildman–Crippen LogP) is 4.37. The minimum atomic E-state index is -0.144. The van der Waals surface area contributed by atoms with Crippen molar-refractivity contribution in [1.29, 1.82) is 0 Å². The van der Waals surface area contributed by atoms with Gasteiger partial charge in [0.1, 0.15) is 5.75 Å². The number of nitrogens with zero attached hydrogens (tertiary/aromatic N) is 4. The van der Waals surface area contributed by atoms with E-state index in [-0.39, 0.29) is 11.4 Å². The molecule has 0 saturated carbocycles. The normalized spacial score (nSPS) is 12.0. The molecule has 178 valence electrons. The van der Waals surface area contributed by atoms with Gasteiger partial charge in [-0.25, -0.2) is 0 Å². The topological polar surface area (TPSA) is 50.6 Å². The van der Waals surface area contributed by atoms with Gasteiger partial charge < -0.3 is 14.5 Å². The predicted molar refractivity (Wildman–Crippen MR) is 131 cm³/mol. The number of ether oxygens (including phenoxy) is 1. The lowest BCUT2D eigenvalue weighted by atomic mass is 10.0. The summed E-state index contributed by atoms with van der Waals surface area (Å²) in [5, 5.41) is 4.48. The second kappa shape index (κ2) is 11.0. The monoisotopic (exact) mass is 442 g/mol. The highest BCUT2D eigenvalue weighted by Gasteiger charge is 2.28. The van der Waals surface area contributed by atoms with E-state index < -0.39 is 0 Å². The first kappa shape index (κ1) is 25.9. The van der Waals surface area contributed by atoms with E-state index in [9.17, 15) is 4.79 Å². The van der Waals surface area contributed by atoms with Crippen LogP contribution in [-0.2, 0) is 24.8 Å². The van der Waals surface area contributed by atoms with E-state index >= 15 is 0 Å². The maximum Gasteiger partial charge on any atom is 0.227 e. The average molecular weight is 443 g/mol. The maximum atomic E-state index is 13.4. The molecule has 0 fully saturated rings. The molecule has 1 aromatic carbocycles. The lowest BCUT2D eigenvalue weighted by Gasteiger charge is -2.38. The number of rotatable bonds is 11.